The van der Waals surface area contributed by atoms with E-state index in [9.17, 15) is 23.9 Å². The van der Waals surface area contributed by atoms with E-state index in [0.29, 0.717) is 27.8 Å². The van der Waals surface area contributed by atoms with Crippen LogP contribution in [0.5, 0.6) is 0 Å². The Balaban J connectivity index is 1.68. The lowest BCUT2D eigenvalue weighted by atomic mass is 9.95. The van der Waals surface area contributed by atoms with Crippen molar-refractivity contribution in [2.75, 3.05) is 0 Å². The summed E-state index contributed by atoms with van der Waals surface area (Å²) in [5.74, 6) is -0.862. The molecule has 32 heavy (non-hydrogen) atoms. The molecule has 3 aromatic rings. The number of aryl methyl sites for hydroxylation is 1. The maximum absolute atomic E-state index is 13.7. The van der Waals surface area contributed by atoms with Gasteiger partial charge in [0.05, 0.1) is 24.3 Å². The standard InChI is InChI=1S/C26H22F2N2O2/c1-15-8-18(4-7-24(15)28)25(17-2-3-17)30-26(32)20-10-16(14-31)9-19(11-20)23-6-5-22(27)12-21(23)13-29/h4-12,17,25,31H,2-3,14H2,1H3,(H,30,32)/t25-/m0/s1. The predicted molar refractivity (Wildman–Crippen MR) is 117 cm³/mol. The Kier molecular flexibility index (Phi) is 6.02. The van der Waals surface area contributed by atoms with Crippen molar-refractivity contribution in [2.24, 2.45) is 5.92 Å². The quantitative estimate of drug-likeness (QED) is 0.563. The summed E-state index contributed by atoms with van der Waals surface area (Å²) in [5, 5.41) is 22.2. The minimum absolute atomic E-state index is 0.143. The van der Waals surface area contributed by atoms with Crippen molar-refractivity contribution < 1.29 is 18.7 Å². The SMILES string of the molecule is Cc1cc([C@@H](NC(=O)c2cc(CO)cc(-c3ccc(F)cc3C#N)c2)C2CC2)ccc1F. The highest BCUT2D eigenvalue weighted by Gasteiger charge is 2.34. The number of aliphatic hydroxyl groups excluding tert-OH is 1. The van der Waals surface area contributed by atoms with E-state index in [1.54, 1.807) is 37.3 Å². The van der Waals surface area contributed by atoms with Crippen LogP contribution in [-0.2, 0) is 6.61 Å². The molecule has 0 spiro atoms. The molecule has 6 heteroatoms. The maximum Gasteiger partial charge on any atom is 0.251 e. The highest BCUT2D eigenvalue weighted by Crippen LogP contribution is 2.41. The number of rotatable bonds is 6. The van der Waals surface area contributed by atoms with Crippen LogP contribution in [0.1, 0.15) is 51.5 Å². The third-order valence-electron chi connectivity index (χ3n) is 5.77. The Morgan fingerprint density at radius 2 is 1.94 bits per heavy atom. The van der Waals surface area contributed by atoms with Gasteiger partial charge in [0.1, 0.15) is 11.6 Å². The fourth-order valence-electron chi connectivity index (χ4n) is 3.92. The number of carbonyl (C=O) groups is 1. The summed E-state index contributed by atoms with van der Waals surface area (Å²) in [6, 6.07) is 15.4. The smallest absolute Gasteiger partial charge is 0.251 e. The van der Waals surface area contributed by atoms with Crippen LogP contribution in [0.4, 0.5) is 8.78 Å². The Morgan fingerprint density at radius 1 is 1.16 bits per heavy atom. The van der Waals surface area contributed by atoms with Crippen LogP contribution in [0.15, 0.2) is 54.6 Å². The second-order valence-corrected chi connectivity index (χ2v) is 8.18. The summed E-state index contributed by atoms with van der Waals surface area (Å²) in [7, 11) is 0. The van der Waals surface area contributed by atoms with Crippen LogP contribution < -0.4 is 5.32 Å². The van der Waals surface area contributed by atoms with Crippen LogP contribution >= 0.6 is 0 Å². The molecular weight excluding hydrogens is 410 g/mol. The number of nitriles is 1. The van der Waals surface area contributed by atoms with E-state index in [1.807, 2.05) is 6.07 Å². The van der Waals surface area contributed by atoms with Gasteiger partial charge in [0, 0.05) is 5.56 Å². The molecule has 0 heterocycles. The first-order valence-corrected chi connectivity index (χ1v) is 10.4. The monoisotopic (exact) mass is 432 g/mol. The zero-order chi connectivity index (χ0) is 22.8. The van der Waals surface area contributed by atoms with Gasteiger partial charge in [-0.05, 0) is 89.9 Å². The molecule has 0 radical (unpaired) electrons. The van der Waals surface area contributed by atoms with Gasteiger partial charge < -0.3 is 10.4 Å². The fourth-order valence-corrected chi connectivity index (χ4v) is 3.92. The summed E-state index contributed by atoms with van der Waals surface area (Å²) in [6.45, 7) is 1.40. The topological polar surface area (TPSA) is 73.1 Å². The summed E-state index contributed by atoms with van der Waals surface area (Å²) < 4.78 is 27.3. The molecule has 0 unspecified atom stereocenters. The fraction of sp³-hybridized carbons (Fsp3) is 0.231. The average Bonchev–Trinajstić information content (AvgIpc) is 3.64. The van der Waals surface area contributed by atoms with Crippen LogP contribution in [0.2, 0.25) is 0 Å². The zero-order valence-electron chi connectivity index (χ0n) is 17.5. The van der Waals surface area contributed by atoms with E-state index in [4.69, 9.17) is 0 Å². The summed E-state index contributed by atoms with van der Waals surface area (Å²) in [5.41, 5.74) is 3.36. The van der Waals surface area contributed by atoms with E-state index in [-0.39, 0.29) is 35.9 Å². The second kappa shape index (κ2) is 8.89. The van der Waals surface area contributed by atoms with Gasteiger partial charge in [-0.15, -0.1) is 0 Å². The van der Waals surface area contributed by atoms with Gasteiger partial charge in [-0.1, -0.05) is 18.2 Å². The summed E-state index contributed by atoms with van der Waals surface area (Å²) in [4.78, 5) is 13.2. The first kappa shape index (κ1) is 21.7. The van der Waals surface area contributed by atoms with Crippen molar-refractivity contribution in [3.05, 3.63) is 94.0 Å². The van der Waals surface area contributed by atoms with Gasteiger partial charge in [-0.2, -0.15) is 5.26 Å². The molecule has 1 amide bonds. The van der Waals surface area contributed by atoms with E-state index in [0.717, 1.165) is 24.5 Å². The molecule has 3 aromatic carbocycles. The van der Waals surface area contributed by atoms with E-state index in [1.165, 1.54) is 18.2 Å². The van der Waals surface area contributed by atoms with Gasteiger partial charge in [-0.3, -0.25) is 4.79 Å². The number of hydrogen-bond donors (Lipinski definition) is 2. The van der Waals surface area contributed by atoms with Crippen molar-refractivity contribution in [3.63, 3.8) is 0 Å². The average molecular weight is 432 g/mol. The highest BCUT2D eigenvalue weighted by atomic mass is 19.1. The molecule has 1 fully saturated rings. The third-order valence-corrected chi connectivity index (χ3v) is 5.77. The molecule has 4 nitrogen and oxygen atoms in total. The number of amides is 1. The van der Waals surface area contributed by atoms with E-state index in [2.05, 4.69) is 5.32 Å². The number of halogens is 2. The molecule has 1 atom stereocenters. The highest BCUT2D eigenvalue weighted by molar-refractivity contribution is 5.96. The van der Waals surface area contributed by atoms with Crippen LogP contribution in [0, 0.1) is 35.8 Å². The predicted octanol–water partition coefficient (Wildman–Crippen LogP) is 5.19. The minimum Gasteiger partial charge on any atom is -0.392 e. The lowest BCUT2D eigenvalue weighted by Gasteiger charge is -2.20. The Morgan fingerprint density at radius 3 is 2.59 bits per heavy atom. The van der Waals surface area contributed by atoms with Gasteiger partial charge >= 0.3 is 0 Å². The van der Waals surface area contributed by atoms with Gasteiger partial charge in [-0.25, -0.2) is 8.78 Å². The number of nitrogens with zero attached hydrogens (tertiary/aromatic N) is 1. The molecule has 0 saturated heterocycles. The van der Waals surface area contributed by atoms with Crippen LogP contribution in [-0.4, -0.2) is 11.0 Å². The number of carbonyl (C=O) groups excluding carboxylic acids is 1. The van der Waals surface area contributed by atoms with Crippen LogP contribution in [0.3, 0.4) is 0 Å². The third kappa shape index (κ3) is 4.53. The number of nitrogens with one attached hydrogen (secondary N) is 1. The van der Waals surface area contributed by atoms with Crippen molar-refractivity contribution in [2.45, 2.75) is 32.4 Å². The van der Waals surface area contributed by atoms with Gasteiger partial charge in [0.15, 0.2) is 0 Å². The summed E-state index contributed by atoms with van der Waals surface area (Å²) in [6.07, 6.45) is 1.95. The largest absolute Gasteiger partial charge is 0.392 e. The zero-order valence-corrected chi connectivity index (χ0v) is 17.5. The number of hydrogen-bond acceptors (Lipinski definition) is 3. The number of benzene rings is 3. The van der Waals surface area contributed by atoms with E-state index >= 15 is 0 Å². The Hall–Kier alpha value is -3.56. The molecule has 4 rings (SSSR count). The Labute approximate surface area is 185 Å². The van der Waals surface area contributed by atoms with Gasteiger partial charge in [0.25, 0.3) is 5.91 Å². The summed E-state index contributed by atoms with van der Waals surface area (Å²) >= 11 is 0. The van der Waals surface area contributed by atoms with Crippen molar-refractivity contribution >= 4 is 5.91 Å². The molecule has 162 valence electrons. The molecule has 1 aliphatic carbocycles. The molecule has 1 saturated carbocycles. The molecule has 0 aliphatic heterocycles. The first-order valence-electron chi connectivity index (χ1n) is 10.4. The minimum atomic E-state index is -0.525. The maximum atomic E-state index is 13.7. The van der Waals surface area contributed by atoms with Crippen molar-refractivity contribution in [3.8, 4) is 17.2 Å². The number of aliphatic hydroxyl groups is 1. The lowest BCUT2D eigenvalue weighted by molar-refractivity contribution is 0.0931. The van der Waals surface area contributed by atoms with E-state index < -0.39 is 5.82 Å². The van der Waals surface area contributed by atoms with Crippen molar-refractivity contribution in [1.82, 2.24) is 5.32 Å². The normalized spacial score (nSPS) is 14.0. The first-order chi connectivity index (χ1) is 15.4. The molecule has 0 aromatic heterocycles. The Bertz CT molecular complexity index is 1230. The molecule has 0 bridgehead atoms. The molecule has 2 N–H and O–H groups in total. The van der Waals surface area contributed by atoms with Crippen molar-refractivity contribution in [1.29, 1.82) is 5.26 Å². The van der Waals surface area contributed by atoms with Gasteiger partial charge in [0.2, 0.25) is 0 Å². The molecular formula is C26H22F2N2O2. The second-order valence-electron chi connectivity index (χ2n) is 8.18. The molecule has 1 aliphatic rings. The van der Waals surface area contributed by atoms with Crippen LogP contribution in [0.25, 0.3) is 11.1 Å². The lowest BCUT2D eigenvalue weighted by Crippen LogP contribution is -2.30.